The minimum atomic E-state index is 0.387. The van der Waals surface area contributed by atoms with Crippen LogP contribution in [0.2, 0.25) is 0 Å². The van der Waals surface area contributed by atoms with Crippen LogP contribution in [0, 0.1) is 6.92 Å². The smallest absolute Gasteiger partial charge is 0.0483 e. The number of aromatic nitrogens is 1. The Morgan fingerprint density at radius 3 is 2.52 bits per heavy atom. The monoisotopic (exact) mass is 285 g/mol. The third-order valence-electron chi connectivity index (χ3n) is 5.49. The summed E-state index contributed by atoms with van der Waals surface area (Å²) in [7, 11) is 6.60. The fraction of sp³-hybridized carbons (Fsp3) is 0.556. The topological polar surface area (TPSA) is 20.2 Å². The molecule has 3 heteroatoms. The van der Waals surface area contributed by atoms with Crippen molar-refractivity contribution in [3.8, 4) is 0 Å². The first kappa shape index (κ1) is 14.6. The van der Waals surface area contributed by atoms with Crippen LogP contribution in [-0.2, 0) is 13.6 Å². The maximum Gasteiger partial charge on any atom is 0.0483 e. The van der Waals surface area contributed by atoms with Gasteiger partial charge in [0.1, 0.15) is 0 Å². The zero-order chi connectivity index (χ0) is 15.0. The number of hydrogen-bond donors (Lipinski definition) is 1. The molecule has 1 saturated carbocycles. The van der Waals surface area contributed by atoms with E-state index in [0.717, 1.165) is 13.1 Å². The molecule has 0 bridgehead atoms. The predicted octanol–water partition coefficient (Wildman–Crippen LogP) is 3.06. The zero-order valence-corrected chi connectivity index (χ0v) is 13.7. The van der Waals surface area contributed by atoms with E-state index in [0.29, 0.717) is 5.54 Å². The summed E-state index contributed by atoms with van der Waals surface area (Å²) in [5.41, 5.74) is 4.54. The summed E-state index contributed by atoms with van der Waals surface area (Å²) in [6.45, 7) is 4.28. The molecule has 0 saturated heterocycles. The Morgan fingerprint density at radius 1 is 1.24 bits per heavy atom. The van der Waals surface area contributed by atoms with Crippen molar-refractivity contribution in [1.29, 1.82) is 0 Å². The van der Waals surface area contributed by atoms with Crippen LogP contribution in [0.15, 0.2) is 24.3 Å². The van der Waals surface area contributed by atoms with Crippen molar-refractivity contribution in [3.63, 3.8) is 0 Å². The molecule has 0 radical (unpaired) electrons. The number of nitrogens with one attached hydrogen (secondary N) is 1. The molecule has 1 fully saturated rings. The lowest BCUT2D eigenvalue weighted by Crippen LogP contribution is -2.56. The molecule has 0 amide bonds. The molecular weight excluding hydrogens is 258 g/mol. The van der Waals surface area contributed by atoms with Crippen LogP contribution in [-0.4, -0.2) is 35.6 Å². The molecule has 2 aromatic rings. The van der Waals surface area contributed by atoms with Crippen molar-refractivity contribution in [1.82, 2.24) is 14.8 Å². The molecule has 1 heterocycles. The van der Waals surface area contributed by atoms with Gasteiger partial charge in [-0.2, -0.15) is 0 Å². The van der Waals surface area contributed by atoms with Crippen molar-refractivity contribution in [3.05, 3.63) is 35.5 Å². The molecule has 1 aliphatic rings. The molecule has 0 atom stereocenters. The summed E-state index contributed by atoms with van der Waals surface area (Å²) >= 11 is 0. The van der Waals surface area contributed by atoms with Gasteiger partial charge in [0.05, 0.1) is 0 Å². The Morgan fingerprint density at radius 2 is 1.95 bits per heavy atom. The van der Waals surface area contributed by atoms with Gasteiger partial charge in [-0.25, -0.2) is 0 Å². The fourth-order valence-corrected chi connectivity index (χ4v) is 3.67. The maximum absolute atomic E-state index is 3.71. The van der Waals surface area contributed by atoms with E-state index in [1.807, 2.05) is 0 Å². The number of likely N-dealkylation sites (N-methyl/N-ethyl adjacent to an activating group) is 1. The van der Waals surface area contributed by atoms with Gasteiger partial charge in [-0.1, -0.05) is 18.2 Å². The molecule has 114 valence electrons. The van der Waals surface area contributed by atoms with E-state index in [-0.39, 0.29) is 0 Å². The van der Waals surface area contributed by atoms with Crippen LogP contribution in [0.1, 0.15) is 30.5 Å². The summed E-state index contributed by atoms with van der Waals surface area (Å²) in [4.78, 5) is 2.40. The molecule has 21 heavy (non-hydrogen) atoms. The average Bonchev–Trinajstić information content (AvgIpc) is 2.66. The standard InChI is InChI=1S/C18H27N3/c1-14-15-8-5-6-9-16(15)21(4)17(14)12-19-13-18(20(2)3)10-7-11-18/h5-6,8-9,19H,7,10-13H2,1-4H3. The normalized spacial score (nSPS) is 17.4. The van der Waals surface area contributed by atoms with E-state index in [2.05, 4.69) is 67.1 Å². The van der Waals surface area contributed by atoms with Crippen molar-refractivity contribution in [2.75, 3.05) is 20.6 Å². The highest BCUT2D eigenvalue weighted by molar-refractivity contribution is 5.85. The van der Waals surface area contributed by atoms with Gasteiger partial charge in [0.15, 0.2) is 0 Å². The van der Waals surface area contributed by atoms with E-state index < -0.39 is 0 Å². The largest absolute Gasteiger partial charge is 0.346 e. The van der Waals surface area contributed by atoms with E-state index in [1.54, 1.807) is 0 Å². The van der Waals surface area contributed by atoms with Crippen LogP contribution < -0.4 is 5.32 Å². The lowest BCUT2D eigenvalue weighted by atomic mass is 9.75. The SMILES string of the molecule is Cc1c(CNCC2(N(C)C)CCC2)n(C)c2ccccc12. The van der Waals surface area contributed by atoms with Gasteiger partial charge < -0.3 is 14.8 Å². The van der Waals surface area contributed by atoms with Crippen LogP contribution in [0.3, 0.4) is 0 Å². The minimum Gasteiger partial charge on any atom is -0.346 e. The molecule has 1 aromatic carbocycles. The second-order valence-electron chi connectivity index (χ2n) is 6.72. The number of aryl methyl sites for hydroxylation is 2. The molecule has 1 aliphatic carbocycles. The molecule has 1 aromatic heterocycles. The van der Waals surface area contributed by atoms with E-state index >= 15 is 0 Å². The number of fused-ring (bicyclic) bond motifs is 1. The van der Waals surface area contributed by atoms with Crippen LogP contribution in [0.25, 0.3) is 10.9 Å². The Labute approximate surface area is 127 Å². The van der Waals surface area contributed by atoms with Crippen LogP contribution in [0.4, 0.5) is 0 Å². The second-order valence-corrected chi connectivity index (χ2v) is 6.72. The van der Waals surface area contributed by atoms with Gasteiger partial charge in [0, 0.05) is 42.3 Å². The summed E-state index contributed by atoms with van der Waals surface area (Å²) in [6, 6.07) is 8.68. The summed E-state index contributed by atoms with van der Waals surface area (Å²) in [5.74, 6) is 0. The third-order valence-corrected chi connectivity index (χ3v) is 5.49. The number of benzene rings is 1. The number of hydrogen-bond acceptors (Lipinski definition) is 2. The molecule has 0 unspecified atom stereocenters. The van der Waals surface area contributed by atoms with Crippen molar-refractivity contribution in [2.24, 2.45) is 7.05 Å². The van der Waals surface area contributed by atoms with Gasteiger partial charge in [-0.15, -0.1) is 0 Å². The molecule has 3 rings (SSSR count). The van der Waals surface area contributed by atoms with E-state index in [9.17, 15) is 0 Å². The van der Waals surface area contributed by atoms with Gasteiger partial charge in [0.25, 0.3) is 0 Å². The number of para-hydroxylation sites is 1. The first-order valence-electron chi connectivity index (χ1n) is 7.96. The van der Waals surface area contributed by atoms with Crippen LogP contribution >= 0.6 is 0 Å². The van der Waals surface area contributed by atoms with Gasteiger partial charge in [0.2, 0.25) is 0 Å². The third kappa shape index (κ3) is 2.39. The number of nitrogens with zero attached hydrogens (tertiary/aromatic N) is 2. The lowest BCUT2D eigenvalue weighted by molar-refractivity contribution is 0.0597. The lowest BCUT2D eigenvalue weighted by Gasteiger charge is -2.47. The highest BCUT2D eigenvalue weighted by Gasteiger charge is 2.38. The first-order chi connectivity index (χ1) is 10.1. The zero-order valence-electron chi connectivity index (χ0n) is 13.7. The van der Waals surface area contributed by atoms with Gasteiger partial charge in [-0.3, -0.25) is 0 Å². The first-order valence-corrected chi connectivity index (χ1v) is 7.96. The second kappa shape index (κ2) is 5.47. The number of rotatable bonds is 5. The highest BCUT2D eigenvalue weighted by Crippen LogP contribution is 2.35. The Kier molecular flexibility index (Phi) is 3.80. The fourth-order valence-electron chi connectivity index (χ4n) is 3.67. The quantitative estimate of drug-likeness (QED) is 0.911. The molecule has 1 N–H and O–H groups in total. The van der Waals surface area contributed by atoms with Crippen molar-refractivity contribution in [2.45, 2.75) is 38.3 Å². The average molecular weight is 285 g/mol. The highest BCUT2D eigenvalue weighted by atomic mass is 15.2. The molecule has 3 nitrogen and oxygen atoms in total. The Balaban J connectivity index is 1.74. The van der Waals surface area contributed by atoms with Gasteiger partial charge >= 0.3 is 0 Å². The maximum atomic E-state index is 3.71. The molecule has 0 aliphatic heterocycles. The van der Waals surface area contributed by atoms with E-state index in [1.165, 1.54) is 41.4 Å². The Hall–Kier alpha value is -1.32. The molecule has 0 spiro atoms. The van der Waals surface area contributed by atoms with Crippen LogP contribution in [0.5, 0.6) is 0 Å². The minimum absolute atomic E-state index is 0.387. The van der Waals surface area contributed by atoms with Gasteiger partial charge in [-0.05, 0) is 51.9 Å². The summed E-state index contributed by atoms with van der Waals surface area (Å²) in [6.07, 6.45) is 4.01. The van der Waals surface area contributed by atoms with Crippen molar-refractivity contribution >= 4 is 10.9 Å². The predicted molar refractivity (Wildman–Crippen MR) is 89.6 cm³/mol. The Bertz CT molecular complexity index is 596. The summed E-state index contributed by atoms with van der Waals surface area (Å²) in [5, 5.41) is 5.08. The summed E-state index contributed by atoms with van der Waals surface area (Å²) < 4.78 is 2.33. The molecular formula is C18H27N3. The van der Waals surface area contributed by atoms with E-state index in [4.69, 9.17) is 0 Å². The van der Waals surface area contributed by atoms with Crippen molar-refractivity contribution < 1.29 is 0 Å².